The molecule has 0 spiro atoms. The Kier molecular flexibility index (Phi) is 12.0. The Labute approximate surface area is 208 Å². The maximum atomic E-state index is 13.3. The van der Waals surface area contributed by atoms with Gasteiger partial charge in [0.15, 0.2) is 5.52 Å². The summed E-state index contributed by atoms with van der Waals surface area (Å²) in [4.78, 5) is 13.3. The summed E-state index contributed by atoms with van der Waals surface area (Å²) in [5.41, 5.74) is 4.23. The molecule has 2 rings (SSSR count). The molecule has 1 unspecified atom stereocenters. The number of methoxy groups -OCH3 is 2. The van der Waals surface area contributed by atoms with Gasteiger partial charge in [0, 0.05) is 31.2 Å². The van der Waals surface area contributed by atoms with Crippen LogP contribution in [0.2, 0.25) is 0 Å². The van der Waals surface area contributed by atoms with E-state index in [2.05, 4.69) is 32.9 Å². The first kappa shape index (κ1) is 28.7. The van der Waals surface area contributed by atoms with Crippen LogP contribution in [0.1, 0.15) is 49.2 Å². The van der Waals surface area contributed by atoms with Gasteiger partial charge in [0.1, 0.15) is 24.7 Å². The van der Waals surface area contributed by atoms with E-state index in [1.165, 1.54) is 5.56 Å². The molecule has 0 bridgehead atoms. The first-order chi connectivity index (χ1) is 14.7. The molecule has 0 radical (unpaired) electrons. The third-order valence-corrected chi connectivity index (χ3v) is 6.09. The smallest absolute Gasteiger partial charge is 1.00 e. The second-order valence-corrected chi connectivity index (χ2v) is 9.77. The molecular formula is C25H36LiO5P. The van der Waals surface area contributed by atoms with E-state index < -0.39 is 0 Å². The van der Waals surface area contributed by atoms with Crippen LogP contribution in [0.3, 0.4) is 0 Å². The Morgan fingerprint density at radius 2 is 1.47 bits per heavy atom. The zero-order valence-corrected chi connectivity index (χ0v) is 21.8. The SMILES string of the molecule is COCCOc1ccc(PC(=O)c2c(C)cc(C(C)(C)C)cc2C)c(OCCOC)c1.[H-].[Li+]. The predicted molar refractivity (Wildman–Crippen MR) is 129 cm³/mol. The Hall–Kier alpha value is -1.34. The standard InChI is InChI=1S/C25H35O5P.Li.H/c1-17-14-19(25(3,4)5)15-18(2)23(17)24(26)31-22-9-8-20(29-12-10-27-6)16-21(22)30-13-11-28-7;;/h8-9,14-16,31H,10-13H2,1-7H3;;/q;+1;-1. The fourth-order valence-electron chi connectivity index (χ4n) is 3.23. The molecule has 0 saturated carbocycles. The van der Waals surface area contributed by atoms with Crippen molar-refractivity contribution in [3.63, 3.8) is 0 Å². The maximum absolute atomic E-state index is 13.3. The first-order valence-electron chi connectivity index (χ1n) is 10.5. The Morgan fingerprint density at radius 3 is 2.00 bits per heavy atom. The quantitative estimate of drug-likeness (QED) is 0.295. The van der Waals surface area contributed by atoms with E-state index in [0.29, 0.717) is 37.9 Å². The van der Waals surface area contributed by atoms with E-state index in [4.69, 9.17) is 18.9 Å². The van der Waals surface area contributed by atoms with Crippen LogP contribution in [0.25, 0.3) is 0 Å². The predicted octanol–water partition coefficient (Wildman–Crippen LogP) is 1.91. The molecule has 0 aromatic heterocycles. The number of aryl methyl sites for hydroxylation is 2. The fraction of sp³-hybridized carbons (Fsp3) is 0.480. The third kappa shape index (κ3) is 8.21. The van der Waals surface area contributed by atoms with E-state index in [1.54, 1.807) is 14.2 Å². The molecule has 5 nitrogen and oxygen atoms in total. The van der Waals surface area contributed by atoms with Gasteiger partial charge < -0.3 is 20.4 Å². The number of hydrogen-bond donors (Lipinski definition) is 0. The molecule has 172 valence electrons. The van der Waals surface area contributed by atoms with E-state index in [-0.39, 0.29) is 39.8 Å². The summed E-state index contributed by atoms with van der Waals surface area (Å²) in [6.45, 7) is 12.4. The molecule has 2 aromatic carbocycles. The van der Waals surface area contributed by atoms with Crippen molar-refractivity contribution < 1.29 is 44.0 Å². The van der Waals surface area contributed by atoms with Gasteiger partial charge in [0.05, 0.1) is 13.2 Å². The van der Waals surface area contributed by atoms with Crippen LogP contribution in [0, 0.1) is 13.8 Å². The van der Waals surface area contributed by atoms with Gasteiger partial charge in [-0.1, -0.05) is 32.9 Å². The van der Waals surface area contributed by atoms with Gasteiger partial charge in [-0.15, -0.1) is 0 Å². The molecule has 1 atom stereocenters. The van der Waals surface area contributed by atoms with Crippen molar-refractivity contribution in [1.29, 1.82) is 0 Å². The minimum Gasteiger partial charge on any atom is -1.00 e. The van der Waals surface area contributed by atoms with Crippen molar-refractivity contribution in [1.82, 2.24) is 0 Å². The van der Waals surface area contributed by atoms with Crippen molar-refractivity contribution in [3.05, 3.63) is 52.6 Å². The van der Waals surface area contributed by atoms with E-state index in [0.717, 1.165) is 22.0 Å². The molecule has 2 aromatic rings. The van der Waals surface area contributed by atoms with Gasteiger partial charge in [-0.3, -0.25) is 4.79 Å². The molecule has 0 amide bonds. The summed E-state index contributed by atoms with van der Waals surface area (Å²) in [6, 6.07) is 9.88. The Morgan fingerprint density at radius 1 is 0.906 bits per heavy atom. The molecule has 0 aliphatic carbocycles. The van der Waals surface area contributed by atoms with Crippen molar-refractivity contribution in [2.45, 2.75) is 40.0 Å². The van der Waals surface area contributed by atoms with Gasteiger partial charge in [-0.2, -0.15) is 0 Å². The van der Waals surface area contributed by atoms with Crippen LogP contribution in [-0.4, -0.2) is 46.2 Å². The van der Waals surface area contributed by atoms with Crippen LogP contribution in [0.4, 0.5) is 0 Å². The maximum Gasteiger partial charge on any atom is 1.00 e. The normalized spacial score (nSPS) is 11.5. The van der Waals surface area contributed by atoms with Crippen molar-refractivity contribution >= 4 is 19.4 Å². The van der Waals surface area contributed by atoms with Crippen LogP contribution >= 0.6 is 8.58 Å². The molecule has 0 heterocycles. The van der Waals surface area contributed by atoms with Gasteiger partial charge in [0.2, 0.25) is 0 Å². The van der Waals surface area contributed by atoms with Crippen LogP contribution < -0.4 is 33.6 Å². The number of carbonyl (C=O) groups excluding carboxylic acids is 1. The third-order valence-electron chi connectivity index (χ3n) is 4.93. The van der Waals surface area contributed by atoms with Crippen LogP contribution in [0.5, 0.6) is 11.5 Å². The molecule has 7 heteroatoms. The summed E-state index contributed by atoms with van der Waals surface area (Å²) in [6.07, 6.45) is 0. The number of rotatable bonds is 11. The van der Waals surface area contributed by atoms with Crippen molar-refractivity contribution in [2.75, 3.05) is 40.6 Å². The minimum absolute atomic E-state index is 0. The zero-order valence-electron chi connectivity index (χ0n) is 21.8. The molecule has 0 fully saturated rings. The summed E-state index contributed by atoms with van der Waals surface area (Å²) >= 11 is 0. The van der Waals surface area contributed by atoms with Crippen LogP contribution in [-0.2, 0) is 14.9 Å². The molecular weight excluding hydrogens is 418 g/mol. The fourth-order valence-corrected chi connectivity index (χ4v) is 4.43. The number of ether oxygens (including phenoxy) is 4. The van der Waals surface area contributed by atoms with Crippen LogP contribution in [0.15, 0.2) is 30.3 Å². The second kappa shape index (κ2) is 13.4. The minimum atomic E-state index is -0.0435. The molecule has 0 N–H and O–H groups in total. The summed E-state index contributed by atoms with van der Waals surface area (Å²) in [7, 11) is 3.22. The number of hydrogen-bond acceptors (Lipinski definition) is 5. The summed E-state index contributed by atoms with van der Waals surface area (Å²) < 4.78 is 21.7. The molecule has 0 aliphatic rings. The average Bonchev–Trinajstić information content (AvgIpc) is 2.69. The monoisotopic (exact) mass is 454 g/mol. The Bertz CT molecular complexity index is 876. The number of carbonyl (C=O) groups is 1. The van der Waals surface area contributed by atoms with Gasteiger partial charge in [-0.05, 0) is 56.7 Å². The van der Waals surface area contributed by atoms with Gasteiger partial charge in [-0.25, -0.2) is 0 Å². The largest absolute Gasteiger partial charge is 1.00 e. The molecule has 32 heavy (non-hydrogen) atoms. The van der Waals surface area contributed by atoms with E-state index >= 15 is 0 Å². The van der Waals surface area contributed by atoms with Crippen molar-refractivity contribution in [3.8, 4) is 11.5 Å². The first-order valence-corrected chi connectivity index (χ1v) is 11.5. The topological polar surface area (TPSA) is 54.0 Å². The Balaban J connectivity index is 0.00000512. The van der Waals surface area contributed by atoms with Gasteiger partial charge in [0.25, 0.3) is 0 Å². The van der Waals surface area contributed by atoms with E-state index in [9.17, 15) is 4.79 Å². The molecule has 0 aliphatic heterocycles. The summed E-state index contributed by atoms with van der Waals surface area (Å²) in [5, 5.41) is 0.860. The number of benzene rings is 2. The second-order valence-electron chi connectivity index (χ2n) is 8.53. The van der Waals surface area contributed by atoms with Crippen molar-refractivity contribution in [2.24, 2.45) is 0 Å². The molecule has 0 saturated heterocycles. The zero-order chi connectivity index (χ0) is 23.0. The van der Waals surface area contributed by atoms with E-state index in [1.807, 2.05) is 32.0 Å². The average molecular weight is 454 g/mol. The van der Waals surface area contributed by atoms with Gasteiger partial charge >= 0.3 is 18.9 Å². The summed E-state index contributed by atoms with van der Waals surface area (Å²) in [5.74, 6) is 1.34.